The van der Waals surface area contributed by atoms with Gasteiger partial charge in [-0.15, -0.1) is 0 Å². The summed E-state index contributed by atoms with van der Waals surface area (Å²) in [5.41, 5.74) is 0.0232. The normalized spacial score (nSPS) is 23.7. The number of halogens is 2. The van der Waals surface area contributed by atoms with Gasteiger partial charge in [-0.05, 0) is 24.3 Å². The zero-order valence-corrected chi connectivity index (χ0v) is 14.8. The molecule has 0 aromatic heterocycles. The molecule has 1 aromatic carbocycles. The molecule has 1 unspecified atom stereocenters. The van der Waals surface area contributed by atoms with E-state index in [2.05, 4.69) is 0 Å². The Morgan fingerprint density at radius 3 is 2.27 bits per heavy atom. The highest BCUT2D eigenvalue weighted by Gasteiger charge is 2.58. The molecule has 0 bridgehead atoms. The summed E-state index contributed by atoms with van der Waals surface area (Å²) in [6.07, 6.45) is -1.20. The number of nitrogens with zero attached hydrogens (tertiary/aromatic N) is 2. The molecule has 10 heteroatoms. The number of carboxylic acid groups (broad SMARTS) is 1. The van der Waals surface area contributed by atoms with Gasteiger partial charge in [-0.25, -0.2) is 22.0 Å². The molecule has 2 fully saturated rings. The maximum absolute atomic E-state index is 12.7. The molecule has 1 aliphatic heterocycles. The molecule has 7 nitrogen and oxygen atoms in total. The number of benzene rings is 1. The molecule has 2 aliphatic rings. The summed E-state index contributed by atoms with van der Waals surface area (Å²) in [5.74, 6) is -3.81. The number of alkyl halides is 2. The van der Waals surface area contributed by atoms with Crippen LogP contribution in [0.4, 0.5) is 8.78 Å². The van der Waals surface area contributed by atoms with E-state index >= 15 is 0 Å². The number of piperazine rings is 1. The molecule has 26 heavy (non-hydrogen) atoms. The Morgan fingerprint density at radius 2 is 1.77 bits per heavy atom. The first kappa shape index (κ1) is 19.2. The first-order valence-electron chi connectivity index (χ1n) is 8.25. The van der Waals surface area contributed by atoms with Gasteiger partial charge in [-0.3, -0.25) is 4.90 Å². The van der Waals surface area contributed by atoms with Gasteiger partial charge in [0.25, 0.3) is 5.92 Å². The lowest BCUT2D eigenvalue weighted by Crippen LogP contribution is -2.49. The highest BCUT2D eigenvalue weighted by atomic mass is 32.2. The lowest BCUT2D eigenvalue weighted by Gasteiger charge is -2.33. The molecular formula is C16H20F2N2O5S. The van der Waals surface area contributed by atoms with Crippen LogP contribution in [0.25, 0.3) is 0 Å². The van der Waals surface area contributed by atoms with Gasteiger partial charge in [0, 0.05) is 39.1 Å². The smallest absolute Gasteiger partial charge is 0.335 e. The second kappa shape index (κ2) is 7.18. The maximum atomic E-state index is 12.7. The maximum Gasteiger partial charge on any atom is 0.335 e. The van der Waals surface area contributed by atoms with E-state index in [-0.39, 0.29) is 36.6 Å². The van der Waals surface area contributed by atoms with Crippen molar-refractivity contribution in [2.24, 2.45) is 0 Å². The fraction of sp³-hybridized carbons (Fsp3) is 0.562. The lowest BCUT2D eigenvalue weighted by molar-refractivity contribution is 0.00407. The minimum atomic E-state index is -3.68. The van der Waals surface area contributed by atoms with Crippen molar-refractivity contribution in [3.05, 3.63) is 29.8 Å². The quantitative estimate of drug-likeness (QED) is 0.751. The van der Waals surface area contributed by atoms with E-state index in [0.29, 0.717) is 19.6 Å². The molecule has 1 aromatic rings. The summed E-state index contributed by atoms with van der Waals surface area (Å²) in [5, 5.41) is 8.88. The van der Waals surface area contributed by atoms with E-state index in [0.717, 1.165) is 0 Å². The van der Waals surface area contributed by atoms with Crippen LogP contribution in [0.1, 0.15) is 16.8 Å². The number of carbonyl (C=O) groups is 1. The molecular weight excluding hydrogens is 370 g/mol. The summed E-state index contributed by atoms with van der Waals surface area (Å²) in [4.78, 5) is 12.9. The Labute approximate surface area is 150 Å². The molecule has 144 valence electrons. The second-order valence-electron chi connectivity index (χ2n) is 6.40. The van der Waals surface area contributed by atoms with Crippen LogP contribution in [0.3, 0.4) is 0 Å². The fourth-order valence-corrected chi connectivity index (χ4v) is 4.23. The first-order chi connectivity index (χ1) is 12.2. The number of hydrogen-bond donors (Lipinski definition) is 1. The van der Waals surface area contributed by atoms with E-state index in [1.165, 1.54) is 28.6 Å². The molecule has 1 saturated heterocycles. The van der Waals surface area contributed by atoms with E-state index in [1.807, 2.05) is 4.90 Å². The number of carboxylic acids is 1. The number of sulfonamides is 1. The fourth-order valence-electron chi connectivity index (χ4n) is 2.81. The van der Waals surface area contributed by atoms with Crippen LogP contribution in [0.2, 0.25) is 0 Å². The zero-order chi connectivity index (χ0) is 18.9. The van der Waals surface area contributed by atoms with Crippen molar-refractivity contribution < 1.29 is 31.8 Å². The van der Waals surface area contributed by atoms with Gasteiger partial charge >= 0.3 is 5.97 Å². The minimum Gasteiger partial charge on any atom is -0.478 e. The van der Waals surface area contributed by atoms with Crippen LogP contribution in [0, 0.1) is 0 Å². The first-order valence-corrected chi connectivity index (χ1v) is 9.69. The second-order valence-corrected chi connectivity index (χ2v) is 8.34. The van der Waals surface area contributed by atoms with Crippen LogP contribution in [-0.2, 0) is 14.8 Å². The number of aromatic carboxylic acids is 1. The Morgan fingerprint density at radius 1 is 1.19 bits per heavy atom. The summed E-state index contributed by atoms with van der Waals surface area (Å²) in [7, 11) is -3.68. The predicted molar refractivity (Wildman–Crippen MR) is 87.9 cm³/mol. The number of ether oxygens (including phenoxy) is 1. The monoisotopic (exact) mass is 390 g/mol. The lowest BCUT2D eigenvalue weighted by atomic mass is 10.2. The SMILES string of the molecule is O=C(O)c1ccc(S(=O)(=O)N2CCN(CCOC3CC3(F)F)CC2)cc1. The van der Waals surface area contributed by atoms with E-state index < -0.39 is 28.0 Å². The third kappa shape index (κ3) is 4.20. The van der Waals surface area contributed by atoms with Crippen molar-refractivity contribution in [1.82, 2.24) is 9.21 Å². The predicted octanol–water partition coefficient (Wildman–Crippen LogP) is 1.12. The third-order valence-corrected chi connectivity index (χ3v) is 6.48. The Balaban J connectivity index is 1.49. The van der Waals surface area contributed by atoms with Crippen LogP contribution in [0.15, 0.2) is 29.2 Å². The van der Waals surface area contributed by atoms with Crippen molar-refractivity contribution in [2.75, 3.05) is 39.3 Å². The van der Waals surface area contributed by atoms with E-state index in [9.17, 15) is 22.0 Å². The molecule has 1 atom stereocenters. The van der Waals surface area contributed by atoms with Gasteiger partial charge in [0.15, 0.2) is 0 Å². The topological polar surface area (TPSA) is 87.1 Å². The Bertz CT molecular complexity index is 761. The van der Waals surface area contributed by atoms with Crippen molar-refractivity contribution >= 4 is 16.0 Å². The van der Waals surface area contributed by atoms with E-state index in [4.69, 9.17) is 9.84 Å². The Hall–Kier alpha value is -1.62. The summed E-state index contributed by atoms with van der Waals surface area (Å²) in [6, 6.07) is 5.09. The average molecular weight is 390 g/mol. The van der Waals surface area contributed by atoms with Gasteiger partial charge in [-0.2, -0.15) is 4.31 Å². The number of rotatable bonds is 7. The van der Waals surface area contributed by atoms with Crippen LogP contribution in [-0.4, -0.2) is 80.1 Å². The molecule has 0 radical (unpaired) electrons. The molecule has 1 saturated carbocycles. The standard InChI is InChI=1S/C16H20F2N2O5S/c17-16(18)11-14(16)25-10-9-19-5-7-20(8-6-19)26(23,24)13-3-1-12(2-4-13)15(21)22/h1-4,14H,5-11H2,(H,21,22). The highest BCUT2D eigenvalue weighted by molar-refractivity contribution is 7.89. The molecule has 1 heterocycles. The summed E-state index contributed by atoms with van der Waals surface area (Å²) < 4.78 is 57.1. The third-order valence-electron chi connectivity index (χ3n) is 4.57. The van der Waals surface area contributed by atoms with Gasteiger partial charge in [0.2, 0.25) is 10.0 Å². The summed E-state index contributed by atoms with van der Waals surface area (Å²) >= 11 is 0. The molecule has 0 spiro atoms. The summed E-state index contributed by atoms with van der Waals surface area (Å²) in [6.45, 7) is 2.20. The van der Waals surface area contributed by atoms with Gasteiger partial charge in [-0.1, -0.05) is 0 Å². The van der Waals surface area contributed by atoms with Crippen LogP contribution in [0.5, 0.6) is 0 Å². The highest BCUT2D eigenvalue weighted by Crippen LogP contribution is 2.44. The Kier molecular flexibility index (Phi) is 5.29. The zero-order valence-electron chi connectivity index (χ0n) is 14.0. The molecule has 0 amide bonds. The van der Waals surface area contributed by atoms with Gasteiger partial charge < -0.3 is 9.84 Å². The van der Waals surface area contributed by atoms with Crippen LogP contribution >= 0.6 is 0 Å². The van der Waals surface area contributed by atoms with Gasteiger partial charge in [0.05, 0.1) is 17.1 Å². The minimum absolute atomic E-state index is 0.0232. The van der Waals surface area contributed by atoms with Crippen molar-refractivity contribution in [2.45, 2.75) is 23.3 Å². The average Bonchev–Trinajstić information content (AvgIpc) is 3.22. The van der Waals surface area contributed by atoms with E-state index in [1.54, 1.807) is 0 Å². The van der Waals surface area contributed by atoms with Crippen LogP contribution < -0.4 is 0 Å². The molecule has 1 N–H and O–H groups in total. The molecule has 1 aliphatic carbocycles. The largest absolute Gasteiger partial charge is 0.478 e. The van der Waals surface area contributed by atoms with Gasteiger partial charge in [0.1, 0.15) is 6.10 Å². The van der Waals surface area contributed by atoms with Crippen molar-refractivity contribution in [3.63, 3.8) is 0 Å². The van der Waals surface area contributed by atoms with Crippen molar-refractivity contribution in [1.29, 1.82) is 0 Å². The van der Waals surface area contributed by atoms with Crippen molar-refractivity contribution in [3.8, 4) is 0 Å². The molecule has 3 rings (SSSR count). The number of hydrogen-bond acceptors (Lipinski definition) is 5.